The quantitative estimate of drug-likeness (QED) is 0.746. The molecule has 2 aliphatic heterocycles. The molecule has 0 fully saturated rings. The van der Waals surface area contributed by atoms with E-state index in [0.29, 0.717) is 11.6 Å². The lowest BCUT2D eigenvalue weighted by Gasteiger charge is -2.13. The third-order valence-electron chi connectivity index (χ3n) is 2.46. The van der Waals surface area contributed by atoms with Crippen molar-refractivity contribution in [3.8, 4) is 0 Å². The van der Waals surface area contributed by atoms with Gasteiger partial charge < -0.3 is 4.42 Å². The number of furan rings is 1. The number of rotatable bonds is 1. The van der Waals surface area contributed by atoms with Crippen molar-refractivity contribution < 1.29 is 9.21 Å². The number of nitrogens with zero attached hydrogens (tertiary/aromatic N) is 2. The second kappa shape index (κ2) is 3.45. The van der Waals surface area contributed by atoms with Crippen molar-refractivity contribution in [2.75, 3.05) is 0 Å². The number of carbonyl (C=O) groups is 1. The van der Waals surface area contributed by atoms with Crippen LogP contribution in [0.4, 0.5) is 0 Å². The molecule has 4 nitrogen and oxygen atoms in total. The number of carbonyl (C=O) groups excluding carboxylic acids is 1. The monoisotopic (exact) mass is 232 g/mol. The average molecular weight is 232 g/mol. The zero-order chi connectivity index (χ0) is 11.1. The second-order valence-corrected chi connectivity index (χ2v) is 4.44. The molecule has 5 heteroatoms. The predicted octanol–water partition coefficient (Wildman–Crippen LogP) is 2.34. The molecule has 16 heavy (non-hydrogen) atoms. The molecular weight excluding hydrogens is 224 g/mol. The highest BCUT2D eigenvalue weighted by molar-refractivity contribution is 8.17. The van der Waals surface area contributed by atoms with Crippen LogP contribution in [-0.2, 0) is 4.79 Å². The molecule has 0 aromatic carbocycles. The number of fused-ring (bicyclic) bond motifs is 1. The molecular formula is C11H8N2O2S. The van der Waals surface area contributed by atoms with Crippen LogP contribution in [0.2, 0.25) is 0 Å². The predicted molar refractivity (Wildman–Crippen MR) is 63.3 cm³/mol. The lowest BCUT2D eigenvalue weighted by atomic mass is 9.98. The Hall–Kier alpha value is -1.62. The van der Waals surface area contributed by atoms with Gasteiger partial charge in [0.15, 0.2) is 0 Å². The summed E-state index contributed by atoms with van der Waals surface area (Å²) in [6.07, 6.45) is 1.60. The van der Waals surface area contributed by atoms with Gasteiger partial charge in [-0.25, -0.2) is 4.99 Å². The van der Waals surface area contributed by atoms with Crippen molar-refractivity contribution in [2.45, 2.75) is 6.92 Å². The van der Waals surface area contributed by atoms with Crippen LogP contribution < -0.4 is 0 Å². The van der Waals surface area contributed by atoms with E-state index in [1.165, 1.54) is 11.8 Å². The van der Waals surface area contributed by atoms with Crippen LogP contribution in [0.5, 0.6) is 0 Å². The molecule has 1 atom stereocenters. The standard InChI is InChI=1S/C11H8N2O2S/c1-6-12-10(14)9-7(5-16-11(9)13-6)8-3-2-4-15-8/h2-5,9H,1H3. The largest absolute Gasteiger partial charge is 0.465 e. The molecule has 0 aliphatic carbocycles. The van der Waals surface area contributed by atoms with Crippen molar-refractivity contribution in [3.05, 3.63) is 29.6 Å². The number of amidine groups is 1. The van der Waals surface area contributed by atoms with E-state index in [2.05, 4.69) is 9.98 Å². The Bertz CT molecular complexity index is 540. The van der Waals surface area contributed by atoms with Crippen LogP contribution in [0.1, 0.15) is 12.7 Å². The number of hydrogen-bond donors (Lipinski definition) is 0. The zero-order valence-electron chi connectivity index (χ0n) is 8.51. The van der Waals surface area contributed by atoms with E-state index in [4.69, 9.17) is 4.42 Å². The first-order valence-electron chi connectivity index (χ1n) is 4.84. The number of thioether (sulfide) groups is 1. The van der Waals surface area contributed by atoms with Crippen molar-refractivity contribution in [2.24, 2.45) is 15.9 Å². The summed E-state index contributed by atoms with van der Waals surface area (Å²) in [7, 11) is 0. The summed E-state index contributed by atoms with van der Waals surface area (Å²) in [6.45, 7) is 1.73. The van der Waals surface area contributed by atoms with Crippen LogP contribution >= 0.6 is 11.8 Å². The molecule has 1 aromatic heterocycles. The molecule has 1 aromatic rings. The fraction of sp³-hybridized carbons (Fsp3) is 0.182. The lowest BCUT2D eigenvalue weighted by molar-refractivity contribution is -0.118. The van der Waals surface area contributed by atoms with Crippen LogP contribution in [-0.4, -0.2) is 16.8 Å². The smallest absolute Gasteiger partial charge is 0.261 e. The molecule has 3 rings (SSSR count). The first kappa shape index (κ1) is 9.59. The lowest BCUT2D eigenvalue weighted by Crippen LogP contribution is -2.23. The third kappa shape index (κ3) is 1.36. The summed E-state index contributed by atoms with van der Waals surface area (Å²) in [4.78, 5) is 20.0. The van der Waals surface area contributed by atoms with Crippen LogP contribution in [0.15, 0.2) is 38.2 Å². The Morgan fingerprint density at radius 3 is 3.06 bits per heavy atom. The molecule has 80 valence electrons. The second-order valence-electron chi connectivity index (χ2n) is 3.55. The number of amides is 1. The Morgan fingerprint density at radius 1 is 1.44 bits per heavy atom. The summed E-state index contributed by atoms with van der Waals surface area (Å²) in [5, 5.41) is 2.71. The van der Waals surface area contributed by atoms with Crippen molar-refractivity contribution in [1.29, 1.82) is 0 Å². The van der Waals surface area contributed by atoms with Gasteiger partial charge in [0.05, 0.1) is 11.3 Å². The summed E-state index contributed by atoms with van der Waals surface area (Å²) in [5.41, 5.74) is 0.856. The molecule has 1 amide bonds. The van der Waals surface area contributed by atoms with E-state index < -0.39 is 0 Å². The van der Waals surface area contributed by atoms with E-state index in [1.807, 2.05) is 11.5 Å². The van der Waals surface area contributed by atoms with Gasteiger partial charge in [-0.3, -0.25) is 4.79 Å². The third-order valence-corrected chi connectivity index (χ3v) is 3.40. The summed E-state index contributed by atoms with van der Waals surface area (Å²) >= 11 is 1.47. The van der Waals surface area contributed by atoms with Gasteiger partial charge in [-0.15, -0.1) is 0 Å². The van der Waals surface area contributed by atoms with E-state index in [0.717, 1.165) is 10.6 Å². The van der Waals surface area contributed by atoms with Crippen LogP contribution in [0, 0.1) is 5.92 Å². The number of hydrogen-bond acceptors (Lipinski definition) is 4. The first-order chi connectivity index (χ1) is 7.75. The molecule has 0 bridgehead atoms. The summed E-state index contributed by atoms with van der Waals surface area (Å²) in [6, 6.07) is 3.64. The van der Waals surface area contributed by atoms with Gasteiger partial charge in [-0.05, 0) is 24.5 Å². The minimum Gasteiger partial charge on any atom is -0.465 e. The normalized spacial score (nSPS) is 23.7. The van der Waals surface area contributed by atoms with Gasteiger partial charge in [-0.1, -0.05) is 11.8 Å². The van der Waals surface area contributed by atoms with Crippen molar-refractivity contribution in [3.63, 3.8) is 0 Å². The zero-order valence-corrected chi connectivity index (χ0v) is 9.32. The van der Waals surface area contributed by atoms with Crippen molar-refractivity contribution >= 4 is 34.1 Å². The molecule has 0 spiro atoms. The number of aliphatic imine (C=N–C) groups is 2. The Morgan fingerprint density at radius 2 is 2.31 bits per heavy atom. The van der Waals surface area contributed by atoms with Gasteiger partial charge in [0, 0.05) is 5.57 Å². The molecule has 2 aliphatic rings. The molecule has 1 unspecified atom stereocenters. The molecule has 0 radical (unpaired) electrons. The maximum absolute atomic E-state index is 11.8. The summed E-state index contributed by atoms with van der Waals surface area (Å²) in [5.74, 6) is 0.721. The SMILES string of the molecule is CC1=NC(=O)C2C(c3ccco3)=CSC2=N1. The molecule has 0 saturated heterocycles. The maximum Gasteiger partial charge on any atom is 0.261 e. The maximum atomic E-state index is 11.8. The van der Waals surface area contributed by atoms with Gasteiger partial charge >= 0.3 is 0 Å². The van der Waals surface area contributed by atoms with Crippen LogP contribution in [0.25, 0.3) is 5.57 Å². The molecule has 0 N–H and O–H groups in total. The topological polar surface area (TPSA) is 54.9 Å². The van der Waals surface area contributed by atoms with Crippen LogP contribution in [0.3, 0.4) is 0 Å². The average Bonchev–Trinajstić information content (AvgIpc) is 2.82. The van der Waals surface area contributed by atoms with E-state index >= 15 is 0 Å². The van der Waals surface area contributed by atoms with Gasteiger partial charge in [0.2, 0.25) is 0 Å². The highest BCUT2D eigenvalue weighted by Gasteiger charge is 2.37. The minimum absolute atomic E-state index is 0.157. The van der Waals surface area contributed by atoms with Gasteiger partial charge in [0.25, 0.3) is 5.91 Å². The van der Waals surface area contributed by atoms with Crippen molar-refractivity contribution in [1.82, 2.24) is 0 Å². The Kier molecular flexibility index (Phi) is 2.07. The minimum atomic E-state index is -0.361. The fourth-order valence-corrected chi connectivity index (χ4v) is 2.82. The fourth-order valence-electron chi connectivity index (χ4n) is 1.77. The summed E-state index contributed by atoms with van der Waals surface area (Å²) < 4.78 is 5.30. The van der Waals surface area contributed by atoms with Gasteiger partial charge in [0.1, 0.15) is 17.5 Å². The molecule has 3 heterocycles. The van der Waals surface area contributed by atoms with Gasteiger partial charge in [-0.2, -0.15) is 4.99 Å². The first-order valence-corrected chi connectivity index (χ1v) is 5.72. The highest BCUT2D eigenvalue weighted by atomic mass is 32.2. The van der Waals surface area contributed by atoms with E-state index in [1.54, 1.807) is 19.3 Å². The molecule has 0 saturated carbocycles. The van der Waals surface area contributed by atoms with E-state index in [9.17, 15) is 4.79 Å². The Labute approximate surface area is 96.2 Å². The van der Waals surface area contributed by atoms with E-state index in [-0.39, 0.29) is 11.8 Å². The Balaban J connectivity index is 2.03. The highest BCUT2D eigenvalue weighted by Crippen LogP contribution is 2.40.